The van der Waals surface area contributed by atoms with Crippen molar-refractivity contribution in [3.8, 4) is 0 Å². The third-order valence-corrected chi connectivity index (χ3v) is 2.11. The van der Waals surface area contributed by atoms with Crippen molar-refractivity contribution in [2.45, 2.75) is 26.1 Å². The van der Waals surface area contributed by atoms with Crippen LogP contribution in [0.15, 0.2) is 12.4 Å². The molecule has 0 saturated heterocycles. The van der Waals surface area contributed by atoms with E-state index in [1.54, 1.807) is 29.2 Å². The van der Waals surface area contributed by atoms with E-state index in [1.807, 2.05) is 0 Å². The van der Waals surface area contributed by atoms with Gasteiger partial charge in [0, 0.05) is 26.0 Å². The zero-order chi connectivity index (χ0) is 9.84. The van der Waals surface area contributed by atoms with Gasteiger partial charge in [-0.05, 0) is 6.42 Å². The van der Waals surface area contributed by atoms with E-state index in [4.69, 9.17) is 0 Å². The Labute approximate surface area is 77.8 Å². The molecule has 0 amide bonds. The SMILES string of the molecule is CCCCN1C=CN(C)C1[N+](=O)[O-]. The van der Waals surface area contributed by atoms with Crippen LogP contribution in [0.2, 0.25) is 0 Å². The van der Waals surface area contributed by atoms with E-state index in [1.165, 1.54) is 0 Å². The second kappa shape index (κ2) is 4.11. The minimum atomic E-state index is -0.702. The molecule has 1 aliphatic heterocycles. The second-order valence-electron chi connectivity index (χ2n) is 3.19. The summed E-state index contributed by atoms with van der Waals surface area (Å²) in [5.74, 6) is 0. The van der Waals surface area contributed by atoms with Gasteiger partial charge in [-0.3, -0.25) is 19.9 Å². The highest BCUT2D eigenvalue weighted by Crippen LogP contribution is 2.14. The summed E-state index contributed by atoms with van der Waals surface area (Å²) in [5, 5.41) is 10.7. The third kappa shape index (κ3) is 2.11. The maximum atomic E-state index is 10.7. The number of nitro groups is 1. The molecule has 0 aromatic carbocycles. The average Bonchev–Trinajstić information content (AvgIpc) is 2.43. The van der Waals surface area contributed by atoms with Crippen LogP contribution in [-0.4, -0.2) is 34.6 Å². The summed E-state index contributed by atoms with van der Waals surface area (Å²) in [7, 11) is 1.72. The van der Waals surface area contributed by atoms with Gasteiger partial charge in [-0.2, -0.15) is 0 Å². The molecule has 0 bridgehead atoms. The highest BCUT2D eigenvalue weighted by atomic mass is 16.6. The summed E-state index contributed by atoms with van der Waals surface area (Å²) in [6.07, 6.45) is 4.86. The predicted molar refractivity (Wildman–Crippen MR) is 49.3 cm³/mol. The molecular weight excluding hydrogens is 170 g/mol. The Kier molecular flexibility index (Phi) is 3.11. The number of rotatable bonds is 4. The molecule has 0 N–H and O–H groups in total. The average molecular weight is 185 g/mol. The van der Waals surface area contributed by atoms with E-state index < -0.39 is 6.29 Å². The van der Waals surface area contributed by atoms with E-state index >= 15 is 0 Å². The molecule has 0 fully saturated rings. The molecule has 1 aliphatic rings. The van der Waals surface area contributed by atoms with E-state index in [0.29, 0.717) is 0 Å². The molecule has 0 radical (unpaired) electrons. The van der Waals surface area contributed by atoms with Crippen LogP contribution in [0.3, 0.4) is 0 Å². The summed E-state index contributed by atoms with van der Waals surface area (Å²) in [6, 6.07) is 0. The second-order valence-corrected chi connectivity index (χ2v) is 3.19. The smallest absolute Gasteiger partial charge is 0.300 e. The first-order valence-electron chi connectivity index (χ1n) is 4.46. The first kappa shape index (κ1) is 9.83. The quantitative estimate of drug-likeness (QED) is 0.485. The summed E-state index contributed by atoms with van der Waals surface area (Å²) in [6.45, 7) is 2.83. The van der Waals surface area contributed by atoms with Crippen molar-refractivity contribution in [1.82, 2.24) is 9.80 Å². The fourth-order valence-electron chi connectivity index (χ4n) is 1.38. The van der Waals surface area contributed by atoms with Crippen LogP contribution in [0, 0.1) is 10.1 Å². The fraction of sp³-hybridized carbons (Fsp3) is 0.750. The van der Waals surface area contributed by atoms with Crippen molar-refractivity contribution in [2.75, 3.05) is 13.6 Å². The molecule has 74 valence electrons. The van der Waals surface area contributed by atoms with E-state index in [2.05, 4.69) is 6.92 Å². The van der Waals surface area contributed by atoms with Crippen molar-refractivity contribution >= 4 is 0 Å². The van der Waals surface area contributed by atoms with Gasteiger partial charge in [0.25, 0.3) is 0 Å². The molecule has 5 heteroatoms. The predicted octanol–water partition coefficient (Wildman–Crippen LogP) is 1.07. The van der Waals surface area contributed by atoms with Gasteiger partial charge in [0.15, 0.2) is 0 Å². The third-order valence-electron chi connectivity index (χ3n) is 2.11. The number of hydrogen-bond donors (Lipinski definition) is 0. The van der Waals surface area contributed by atoms with Gasteiger partial charge < -0.3 is 0 Å². The van der Waals surface area contributed by atoms with Crippen molar-refractivity contribution in [3.05, 3.63) is 22.5 Å². The van der Waals surface area contributed by atoms with Crippen LogP contribution in [-0.2, 0) is 0 Å². The topological polar surface area (TPSA) is 49.6 Å². The van der Waals surface area contributed by atoms with Gasteiger partial charge in [-0.15, -0.1) is 0 Å². The standard InChI is InChI=1S/C8H15N3O2/c1-3-4-5-10-7-6-9(2)8(10)11(12)13/h6-8H,3-5H2,1-2H3. The minimum Gasteiger partial charge on any atom is -0.300 e. The molecular formula is C8H15N3O2. The van der Waals surface area contributed by atoms with Crippen LogP contribution in [0.5, 0.6) is 0 Å². The Morgan fingerprint density at radius 2 is 2.23 bits per heavy atom. The van der Waals surface area contributed by atoms with E-state index in [9.17, 15) is 10.1 Å². The van der Waals surface area contributed by atoms with Crippen LogP contribution in [0.1, 0.15) is 19.8 Å². The van der Waals surface area contributed by atoms with Crippen molar-refractivity contribution in [1.29, 1.82) is 0 Å². The van der Waals surface area contributed by atoms with Crippen LogP contribution in [0.4, 0.5) is 0 Å². The van der Waals surface area contributed by atoms with Crippen molar-refractivity contribution in [3.63, 3.8) is 0 Å². The Morgan fingerprint density at radius 3 is 2.77 bits per heavy atom. The fourth-order valence-corrected chi connectivity index (χ4v) is 1.38. The lowest BCUT2D eigenvalue weighted by atomic mass is 10.3. The Morgan fingerprint density at radius 1 is 1.54 bits per heavy atom. The molecule has 0 saturated carbocycles. The molecule has 13 heavy (non-hydrogen) atoms. The first-order chi connectivity index (χ1) is 6.16. The van der Waals surface area contributed by atoms with Gasteiger partial charge >= 0.3 is 6.29 Å². The molecule has 1 atom stereocenters. The Balaban J connectivity index is 2.53. The maximum absolute atomic E-state index is 10.7. The number of nitrogens with zero attached hydrogens (tertiary/aromatic N) is 3. The molecule has 0 spiro atoms. The van der Waals surface area contributed by atoms with Crippen molar-refractivity contribution in [2.24, 2.45) is 0 Å². The summed E-state index contributed by atoms with van der Waals surface area (Å²) in [5.41, 5.74) is 0. The summed E-state index contributed by atoms with van der Waals surface area (Å²) in [4.78, 5) is 13.8. The van der Waals surface area contributed by atoms with E-state index in [-0.39, 0.29) is 4.92 Å². The van der Waals surface area contributed by atoms with Crippen LogP contribution < -0.4 is 0 Å². The molecule has 0 aliphatic carbocycles. The number of unbranched alkanes of at least 4 members (excludes halogenated alkanes) is 1. The van der Waals surface area contributed by atoms with Gasteiger partial charge in [-0.25, -0.2) is 0 Å². The van der Waals surface area contributed by atoms with Gasteiger partial charge in [-0.1, -0.05) is 13.3 Å². The molecule has 1 rings (SSSR count). The monoisotopic (exact) mass is 185 g/mol. The Bertz CT molecular complexity index is 217. The lowest BCUT2D eigenvalue weighted by molar-refractivity contribution is -0.568. The molecule has 5 nitrogen and oxygen atoms in total. The normalized spacial score (nSPS) is 21.2. The molecule has 1 unspecified atom stereocenters. The lowest BCUT2D eigenvalue weighted by Crippen LogP contribution is -2.43. The summed E-state index contributed by atoms with van der Waals surface area (Å²) >= 11 is 0. The highest BCUT2D eigenvalue weighted by molar-refractivity contribution is 4.91. The van der Waals surface area contributed by atoms with Crippen LogP contribution >= 0.6 is 0 Å². The van der Waals surface area contributed by atoms with Gasteiger partial charge in [0.2, 0.25) is 0 Å². The first-order valence-corrected chi connectivity index (χ1v) is 4.46. The number of hydrogen-bond acceptors (Lipinski definition) is 4. The Hall–Kier alpha value is -1.26. The molecule has 1 heterocycles. The van der Waals surface area contributed by atoms with Crippen molar-refractivity contribution < 1.29 is 4.92 Å². The zero-order valence-corrected chi connectivity index (χ0v) is 8.01. The largest absolute Gasteiger partial charge is 0.367 e. The van der Waals surface area contributed by atoms with E-state index in [0.717, 1.165) is 19.4 Å². The highest BCUT2D eigenvalue weighted by Gasteiger charge is 2.32. The molecule has 0 aromatic rings. The zero-order valence-electron chi connectivity index (χ0n) is 8.01. The lowest BCUT2D eigenvalue weighted by Gasteiger charge is -2.22. The maximum Gasteiger partial charge on any atom is 0.367 e. The van der Waals surface area contributed by atoms with Crippen LogP contribution in [0.25, 0.3) is 0 Å². The minimum absolute atomic E-state index is 0.268. The van der Waals surface area contributed by atoms with Gasteiger partial charge in [0.05, 0.1) is 4.92 Å². The summed E-state index contributed by atoms with van der Waals surface area (Å²) < 4.78 is 0. The molecule has 0 aromatic heterocycles. The van der Waals surface area contributed by atoms with Gasteiger partial charge in [0.1, 0.15) is 0 Å².